The first-order chi connectivity index (χ1) is 14.0. The van der Waals surface area contributed by atoms with Crippen molar-refractivity contribution in [3.05, 3.63) is 47.8 Å². The van der Waals surface area contributed by atoms with Crippen LogP contribution in [0.1, 0.15) is 5.56 Å². The van der Waals surface area contributed by atoms with Gasteiger partial charge in [0.05, 0.1) is 22.6 Å². The number of anilines is 1. The number of rotatable bonds is 6. The first-order valence-electron chi connectivity index (χ1n) is 9.33. The average Bonchev–Trinajstić information content (AvgIpc) is 2.67. The molecule has 0 spiro atoms. The molecule has 1 fully saturated rings. The van der Waals surface area contributed by atoms with E-state index >= 15 is 0 Å². The first kappa shape index (κ1) is 22.5. The molecule has 3 rings (SSSR count). The van der Waals surface area contributed by atoms with Gasteiger partial charge < -0.3 is 9.64 Å². The number of hydrogen-bond donors (Lipinski definition) is 0. The third-order valence-electron chi connectivity index (χ3n) is 5.09. The van der Waals surface area contributed by atoms with Crippen molar-refractivity contribution in [3.8, 4) is 5.75 Å². The van der Waals surface area contributed by atoms with Crippen LogP contribution in [0.15, 0.2) is 46.2 Å². The lowest BCUT2D eigenvalue weighted by atomic mass is 10.1. The number of piperazine rings is 1. The lowest BCUT2D eigenvalue weighted by molar-refractivity contribution is 0.249. The molecule has 0 aromatic heterocycles. The predicted octanol–water partition coefficient (Wildman–Crippen LogP) is 1.96. The lowest BCUT2D eigenvalue weighted by Crippen LogP contribution is -2.46. The van der Waals surface area contributed by atoms with Crippen molar-refractivity contribution in [1.82, 2.24) is 4.90 Å². The third-order valence-corrected chi connectivity index (χ3v) is 7.33. The van der Waals surface area contributed by atoms with E-state index in [0.29, 0.717) is 38.4 Å². The van der Waals surface area contributed by atoms with E-state index in [1.165, 1.54) is 25.3 Å². The summed E-state index contributed by atoms with van der Waals surface area (Å²) < 4.78 is 67.1. The highest BCUT2D eigenvalue weighted by atomic mass is 32.2. The molecule has 0 unspecified atom stereocenters. The van der Waals surface area contributed by atoms with E-state index in [4.69, 9.17) is 4.74 Å². The third kappa shape index (κ3) is 5.11. The fourth-order valence-corrected chi connectivity index (χ4v) is 5.14. The highest BCUT2D eigenvalue weighted by molar-refractivity contribution is 7.91. The topological polar surface area (TPSA) is 84.0 Å². The van der Waals surface area contributed by atoms with Crippen LogP contribution in [-0.2, 0) is 26.2 Å². The highest BCUT2D eigenvalue weighted by Gasteiger charge is 2.24. The monoisotopic (exact) mass is 456 g/mol. The minimum absolute atomic E-state index is 0.0103. The van der Waals surface area contributed by atoms with Crippen LogP contribution in [0.2, 0.25) is 0 Å². The van der Waals surface area contributed by atoms with Gasteiger partial charge in [-0.15, -0.1) is 0 Å². The lowest BCUT2D eigenvalue weighted by Gasteiger charge is -2.37. The van der Waals surface area contributed by atoms with Crippen LogP contribution < -0.4 is 9.64 Å². The Balaban J connectivity index is 1.75. The maximum absolute atomic E-state index is 13.9. The molecule has 0 radical (unpaired) electrons. The van der Waals surface area contributed by atoms with Crippen LogP contribution in [0.4, 0.5) is 10.1 Å². The summed E-state index contributed by atoms with van der Waals surface area (Å²) in [5.41, 5.74) is 1.33. The SMILES string of the molecule is COc1ccc(CN2CCN(c3ccc(S(C)(=O)=O)cc3S(C)(=O)=O)CC2)cc1F. The first-order valence-corrected chi connectivity index (χ1v) is 13.1. The fourth-order valence-electron chi connectivity index (χ4n) is 3.50. The van der Waals surface area contributed by atoms with Gasteiger partial charge in [-0.2, -0.15) is 0 Å². The van der Waals surface area contributed by atoms with Gasteiger partial charge in [-0.05, 0) is 35.9 Å². The maximum Gasteiger partial charge on any atom is 0.177 e. The molecular weight excluding hydrogens is 431 g/mol. The Morgan fingerprint density at radius 2 is 1.60 bits per heavy atom. The van der Waals surface area contributed by atoms with Gasteiger partial charge in [0.1, 0.15) is 0 Å². The number of nitrogens with zero attached hydrogens (tertiary/aromatic N) is 2. The molecule has 30 heavy (non-hydrogen) atoms. The summed E-state index contributed by atoms with van der Waals surface area (Å²) in [6.07, 6.45) is 2.13. The van der Waals surface area contributed by atoms with Gasteiger partial charge in [0.2, 0.25) is 0 Å². The second-order valence-corrected chi connectivity index (χ2v) is 11.4. The predicted molar refractivity (Wildman–Crippen MR) is 113 cm³/mol. The molecule has 0 amide bonds. The van der Waals surface area contributed by atoms with Crippen molar-refractivity contribution in [2.45, 2.75) is 16.3 Å². The average molecular weight is 457 g/mol. The minimum atomic E-state index is -3.61. The van der Waals surface area contributed by atoms with Crippen LogP contribution in [-0.4, -0.2) is 67.5 Å². The van der Waals surface area contributed by atoms with Gasteiger partial charge in [0.25, 0.3) is 0 Å². The Morgan fingerprint density at radius 1 is 0.933 bits per heavy atom. The van der Waals surface area contributed by atoms with Crippen LogP contribution in [0.3, 0.4) is 0 Å². The number of methoxy groups -OCH3 is 1. The number of sulfone groups is 2. The Labute approximate surface area is 176 Å². The quantitative estimate of drug-likeness (QED) is 0.657. The molecule has 1 saturated heterocycles. The molecule has 1 aliphatic heterocycles. The second-order valence-electron chi connectivity index (χ2n) is 7.41. The number of halogens is 1. The van der Waals surface area contributed by atoms with Crippen LogP contribution >= 0.6 is 0 Å². The van der Waals surface area contributed by atoms with Gasteiger partial charge in [-0.1, -0.05) is 6.07 Å². The van der Waals surface area contributed by atoms with Crippen LogP contribution in [0.25, 0.3) is 0 Å². The van der Waals surface area contributed by atoms with Gasteiger partial charge >= 0.3 is 0 Å². The molecule has 0 bridgehead atoms. The molecule has 0 saturated carbocycles. The molecule has 1 heterocycles. The van der Waals surface area contributed by atoms with E-state index in [1.54, 1.807) is 12.1 Å². The summed E-state index contributed by atoms with van der Waals surface area (Å²) in [6.45, 7) is 3.02. The van der Waals surface area contributed by atoms with E-state index in [1.807, 2.05) is 11.0 Å². The number of ether oxygens (including phenoxy) is 1. The maximum atomic E-state index is 13.9. The molecule has 2 aromatic carbocycles. The van der Waals surface area contributed by atoms with Gasteiger partial charge in [-0.3, -0.25) is 4.90 Å². The molecule has 2 aromatic rings. The molecule has 10 heteroatoms. The fraction of sp³-hybridized carbons (Fsp3) is 0.400. The molecule has 1 aliphatic rings. The van der Waals surface area contributed by atoms with Crippen molar-refractivity contribution < 1.29 is 26.0 Å². The normalized spacial score (nSPS) is 15.9. The summed E-state index contributed by atoms with van der Waals surface area (Å²) in [5, 5.41) is 0. The van der Waals surface area contributed by atoms with E-state index in [9.17, 15) is 21.2 Å². The summed E-state index contributed by atoms with van der Waals surface area (Å²) in [7, 11) is -5.71. The van der Waals surface area contributed by atoms with Crippen LogP contribution in [0.5, 0.6) is 5.75 Å². The van der Waals surface area contributed by atoms with Crippen molar-refractivity contribution in [3.63, 3.8) is 0 Å². The largest absolute Gasteiger partial charge is 0.494 e. The van der Waals surface area contributed by atoms with Gasteiger partial charge in [0, 0.05) is 45.2 Å². The standard InChI is InChI=1S/C20H25FN2O5S2/c1-28-19-7-4-15(12-17(19)21)14-22-8-10-23(11-9-22)18-6-5-16(29(2,24)25)13-20(18)30(3,26)27/h4-7,12-13H,8-11,14H2,1-3H3. The zero-order valence-electron chi connectivity index (χ0n) is 17.1. The van der Waals surface area contributed by atoms with Crippen molar-refractivity contribution >= 4 is 25.4 Å². The van der Waals surface area contributed by atoms with Gasteiger partial charge in [0.15, 0.2) is 31.2 Å². The van der Waals surface area contributed by atoms with E-state index in [0.717, 1.165) is 18.1 Å². The smallest absolute Gasteiger partial charge is 0.177 e. The van der Waals surface area contributed by atoms with E-state index in [-0.39, 0.29) is 15.5 Å². The Hall–Kier alpha value is -2.17. The number of hydrogen-bond acceptors (Lipinski definition) is 7. The molecule has 164 valence electrons. The summed E-state index contributed by atoms with van der Waals surface area (Å²) >= 11 is 0. The van der Waals surface area contributed by atoms with E-state index < -0.39 is 25.5 Å². The molecule has 7 nitrogen and oxygen atoms in total. The van der Waals surface area contributed by atoms with E-state index in [2.05, 4.69) is 4.90 Å². The molecular formula is C20H25FN2O5S2. The zero-order chi connectivity index (χ0) is 22.1. The Morgan fingerprint density at radius 3 is 2.13 bits per heavy atom. The van der Waals surface area contributed by atoms with Crippen molar-refractivity contribution in [1.29, 1.82) is 0 Å². The number of benzene rings is 2. The Bertz CT molecular complexity index is 1140. The van der Waals surface area contributed by atoms with Crippen LogP contribution in [0, 0.1) is 5.82 Å². The minimum Gasteiger partial charge on any atom is -0.494 e. The summed E-state index contributed by atoms with van der Waals surface area (Å²) in [6, 6.07) is 9.10. The second kappa shape index (κ2) is 8.52. The summed E-state index contributed by atoms with van der Waals surface area (Å²) in [5.74, 6) is -0.202. The molecule has 0 aliphatic carbocycles. The summed E-state index contributed by atoms with van der Waals surface area (Å²) in [4.78, 5) is 4.08. The zero-order valence-corrected chi connectivity index (χ0v) is 18.8. The molecule has 0 atom stereocenters. The highest BCUT2D eigenvalue weighted by Crippen LogP contribution is 2.29. The Kier molecular flexibility index (Phi) is 6.40. The van der Waals surface area contributed by atoms with Crippen molar-refractivity contribution in [2.24, 2.45) is 0 Å². The van der Waals surface area contributed by atoms with Crippen molar-refractivity contribution in [2.75, 3.05) is 50.7 Å². The van der Waals surface area contributed by atoms with Gasteiger partial charge in [-0.25, -0.2) is 21.2 Å². The molecule has 0 N–H and O–H groups in total.